The Balaban J connectivity index is 1.99. The third kappa shape index (κ3) is 6.47. The molecule has 0 unspecified atom stereocenters. The summed E-state index contributed by atoms with van der Waals surface area (Å²) in [5.41, 5.74) is 3.14. The molecule has 0 fully saturated rings. The topological polar surface area (TPSA) is 55.8 Å². The fourth-order valence-corrected chi connectivity index (χ4v) is 2.98. The minimum Gasteiger partial charge on any atom is -0.490 e. The van der Waals surface area contributed by atoms with Crippen LogP contribution in [0.25, 0.3) is 0 Å². The number of carboxylic acids is 1. The van der Waals surface area contributed by atoms with Crippen molar-refractivity contribution in [2.45, 2.75) is 46.0 Å². The summed E-state index contributed by atoms with van der Waals surface area (Å²) < 4.78 is 11.8. The molecule has 146 valence electrons. The van der Waals surface area contributed by atoms with Gasteiger partial charge in [-0.2, -0.15) is 0 Å². The Kier molecular flexibility index (Phi) is 7.14. The molecule has 0 aromatic heterocycles. The van der Waals surface area contributed by atoms with Gasteiger partial charge in [0.2, 0.25) is 0 Å². The van der Waals surface area contributed by atoms with E-state index in [0.717, 1.165) is 16.9 Å². The maximum absolute atomic E-state index is 10.8. The maximum Gasteiger partial charge on any atom is 0.303 e. The Hall–Kier alpha value is -2.20. The number of ether oxygens (including phenoxy) is 2. The van der Waals surface area contributed by atoms with Crippen LogP contribution in [-0.2, 0) is 16.6 Å². The molecular weight excluding hydrogens is 364 g/mol. The summed E-state index contributed by atoms with van der Waals surface area (Å²) in [6, 6.07) is 11.4. The number of halogens is 1. The van der Waals surface area contributed by atoms with Crippen LogP contribution < -0.4 is 9.47 Å². The van der Waals surface area contributed by atoms with Crippen LogP contribution in [0, 0.1) is 6.92 Å². The zero-order chi connectivity index (χ0) is 20.0. The Morgan fingerprint density at radius 2 is 1.67 bits per heavy atom. The van der Waals surface area contributed by atoms with Gasteiger partial charge >= 0.3 is 5.97 Å². The van der Waals surface area contributed by atoms with Crippen LogP contribution in [0.2, 0.25) is 5.02 Å². The van der Waals surface area contributed by atoms with Gasteiger partial charge in [0.15, 0.2) is 0 Å². The molecule has 0 heterocycles. The van der Waals surface area contributed by atoms with Crippen LogP contribution >= 0.6 is 11.6 Å². The monoisotopic (exact) mass is 390 g/mol. The predicted octanol–water partition coefficient (Wildman–Crippen LogP) is 5.42. The van der Waals surface area contributed by atoms with Crippen LogP contribution in [0.3, 0.4) is 0 Å². The molecule has 2 rings (SSSR count). The Labute approximate surface area is 166 Å². The first-order valence-corrected chi connectivity index (χ1v) is 9.41. The summed E-state index contributed by atoms with van der Waals surface area (Å²) >= 11 is 6.02. The maximum atomic E-state index is 10.8. The van der Waals surface area contributed by atoms with Crippen LogP contribution in [-0.4, -0.2) is 24.3 Å². The fourth-order valence-electron chi connectivity index (χ4n) is 2.78. The molecule has 0 atom stereocenters. The first-order valence-electron chi connectivity index (χ1n) is 9.04. The average Bonchev–Trinajstić information content (AvgIpc) is 2.58. The third-order valence-electron chi connectivity index (χ3n) is 4.17. The minimum atomic E-state index is -0.849. The molecule has 0 aliphatic carbocycles. The van der Waals surface area contributed by atoms with Crippen molar-refractivity contribution in [2.24, 2.45) is 0 Å². The number of carbonyl (C=O) groups is 1. The van der Waals surface area contributed by atoms with Gasteiger partial charge in [0.25, 0.3) is 0 Å². The van der Waals surface area contributed by atoms with Crippen molar-refractivity contribution >= 4 is 17.6 Å². The highest BCUT2D eigenvalue weighted by molar-refractivity contribution is 6.30. The van der Waals surface area contributed by atoms with Crippen molar-refractivity contribution < 1.29 is 19.4 Å². The first kappa shape index (κ1) is 21.1. The summed E-state index contributed by atoms with van der Waals surface area (Å²) in [4.78, 5) is 10.8. The van der Waals surface area contributed by atoms with Crippen LogP contribution in [0.1, 0.15) is 43.9 Å². The highest BCUT2D eigenvalue weighted by Crippen LogP contribution is 2.32. The highest BCUT2D eigenvalue weighted by Gasteiger charge is 2.19. The van der Waals surface area contributed by atoms with E-state index in [9.17, 15) is 4.79 Å². The molecule has 0 radical (unpaired) electrons. The molecule has 0 amide bonds. The molecule has 2 aromatic rings. The van der Waals surface area contributed by atoms with Gasteiger partial charge in [0.1, 0.15) is 24.7 Å². The number of hydrogen-bond donors (Lipinski definition) is 1. The summed E-state index contributed by atoms with van der Waals surface area (Å²) in [7, 11) is 0. The number of aliphatic carboxylic acids is 1. The highest BCUT2D eigenvalue weighted by atomic mass is 35.5. The summed E-state index contributed by atoms with van der Waals surface area (Å²) in [5.74, 6) is 0.654. The Morgan fingerprint density at radius 3 is 2.30 bits per heavy atom. The van der Waals surface area contributed by atoms with E-state index in [0.29, 0.717) is 30.4 Å². The number of rotatable bonds is 8. The van der Waals surface area contributed by atoms with Crippen molar-refractivity contribution in [1.82, 2.24) is 0 Å². The average molecular weight is 391 g/mol. The third-order valence-corrected chi connectivity index (χ3v) is 4.41. The molecule has 0 spiro atoms. The molecule has 1 N–H and O–H groups in total. The molecule has 2 aromatic carbocycles. The van der Waals surface area contributed by atoms with Crippen molar-refractivity contribution in [3.8, 4) is 11.5 Å². The molecule has 0 saturated heterocycles. The van der Waals surface area contributed by atoms with Crippen molar-refractivity contribution in [2.75, 3.05) is 13.2 Å². The van der Waals surface area contributed by atoms with Gasteiger partial charge in [-0.05, 0) is 54.2 Å². The van der Waals surface area contributed by atoms with Gasteiger partial charge in [0, 0.05) is 11.4 Å². The SMILES string of the molecule is Cc1ccc(OCCOc2ccc(Cl)cc2CCC(=O)O)c(C(C)(C)C)c1. The second kappa shape index (κ2) is 9.14. The number of carboxylic acid groups (broad SMARTS) is 1. The van der Waals surface area contributed by atoms with E-state index in [-0.39, 0.29) is 11.8 Å². The molecular formula is C22H27ClO4. The smallest absolute Gasteiger partial charge is 0.303 e. The van der Waals surface area contributed by atoms with E-state index < -0.39 is 5.97 Å². The van der Waals surface area contributed by atoms with Gasteiger partial charge in [-0.15, -0.1) is 0 Å². The van der Waals surface area contributed by atoms with Gasteiger partial charge < -0.3 is 14.6 Å². The molecule has 0 aliphatic rings. The van der Waals surface area contributed by atoms with Crippen LogP contribution in [0.5, 0.6) is 11.5 Å². The summed E-state index contributed by atoms with van der Waals surface area (Å²) in [6.07, 6.45) is 0.406. The van der Waals surface area contributed by atoms with Gasteiger partial charge in [0.05, 0.1) is 0 Å². The Bertz CT molecular complexity index is 793. The number of aryl methyl sites for hydroxylation is 2. The molecule has 0 bridgehead atoms. The first-order chi connectivity index (χ1) is 12.7. The lowest BCUT2D eigenvalue weighted by Crippen LogP contribution is -2.16. The predicted molar refractivity (Wildman–Crippen MR) is 108 cm³/mol. The largest absolute Gasteiger partial charge is 0.490 e. The van der Waals surface area contributed by atoms with Gasteiger partial charge in [-0.3, -0.25) is 4.79 Å². The molecule has 27 heavy (non-hydrogen) atoms. The molecule has 0 saturated carbocycles. The quantitative estimate of drug-likeness (QED) is 0.611. The lowest BCUT2D eigenvalue weighted by molar-refractivity contribution is -0.136. The number of benzene rings is 2. The van der Waals surface area contributed by atoms with Crippen LogP contribution in [0.15, 0.2) is 36.4 Å². The van der Waals surface area contributed by atoms with E-state index in [1.165, 1.54) is 5.56 Å². The van der Waals surface area contributed by atoms with E-state index in [1.54, 1.807) is 18.2 Å². The lowest BCUT2D eigenvalue weighted by atomic mass is 9.85. The van der Waals surface area contributed by atoms with Crippen molar-refractivity contribution in [1.29, 1.82) is 0 Å². The lowest BCUT2D eigenvalue weighted by Gasteiger charge is -2.23. The standard InChI is InChI=1S/C22H27ClO4/c1-15-5-8-20(18(13-15)22(2,3)4)27-12-11-26-19-9-7-17(23)14-16(19)6-10-21(24)25/h5,7-9,13-14H,6,10-12H2,1-4H3,(H,24,25). The van der Waals surface area contributed by atoms with Gasteiger partial charge in [-0.25, -0.2) is 0 Å². The van der Waals surface area contributed by atoms with E-state index in [1.807, 2.05) is 12.1 Å². The normalized spacial score (nSPS) is 11.3. The van der Waals surface area contributed by atoms with Crippen LogP contribution in [0.4, 0.5) is 0 Å². The summed E-state index contributed by atoms with van der Waals surface area (Å²) in [5, 5.41) is 9.46. The Morgan fingerprint density at radius 1 is 1.04 bits per heavy atom. The fraction of sp³-hybridized carbons (Fsp3) is 0.409. The minimum absolute atomic E-state index is 0.0115. The number of hydrogen-bond acceptors (Lipinski definition) is 3. The van der Waals surface area contributed by atoms with Crippen molar-refractivity contribution in [3.05, 3.63) is 58.1 Å². The second-order valence-electron chi connectivity index (χ2n) is 7.59. The zero-order valence-electron chi connectivity index (χ0n) is 16.3. The molecule has 5 heteroatoms. The van der Waals surface area contributed by atoms with Crippen molar-refractivity contribution in [3.63, 3.8) is 0 Å². The molecule has 4 nitrogen and oxygen atoms in total. The van der Waals surface area contributed by atoms with E-state index >= 15 is 0 Å². The second-order valence-corrected chi connectivity index (χ2v) is 8.03. The molecule has 0 aliphatic heterocycles. The zero-order valence-corrected chi connectivity index (χ0v) is 17.1. The summed E-state index contributed by atoms with van der Waals surface area (Å²) in [6.45, 7) is 9.31. The van der Waals surface area contributed by atoms with Gasteiger partial charge in [-0.1, -0.05) is 50.1 Å². The van der Waals surface area contributed by atoms with E-state index in [2.05, 4.69) is 33.8 Å². The van der Waals surface area contributed by atoms with E-state index in [4.69, 9.17) is 26.2 Å².